The molecule has 0 unspecified atom stereocenters. The van der Waals surface area contributed by atoms with Crippen molar-refractivity contribution in [3.05, 3.63) is 47.7 Å². The molecule has 21 heavy (non-hydrogen) atoms. The number of hydrogen-bond donors (Lipinski definition) is 1. The maximum Gasteiger partial charge on any atom is 0.148 e. The lowest BCUT2D eigenvalue weighted by atomic mass is 10.1. The average Bonchev–Trinajstić information content (AvgIpc) is 2.91. The van der Waals surface area contributed by atoms with Gasteiger partial charge in [0.15, 0.2) is 0 Å². The number of aryl methyl sites for hydroxylation is 2. The second kappa shape index (κ2) is 4.73. The summed E-state index contributed by atoms with van der Waals surface area (Å²) >= 11 is 0. The monoisotopic (exact) mass is 285 g/mol. The quantitative estimate of drug-likeness (QED) is 0.787. The molecule has 1 aromatic carbocycles. The van der Waals surface area contributed by atoms with Crippen molar-refractivity contribution in [1.82, 2.24) is 19.6 Å². The fourth-order valence-electron chi connectivity index (χ4n) is 2.46. The molecule has 2 N–H and O–H groups in total. The van der Waals surface area contributed by atoms with Gasteiger partial charge in [0.2, 0.25) is 0 Å². The number of anilines is 1. The van der Waals surface area contributed by atoms with Crippen LogP contribution in [0.4, 0.5) is 10.1 Å². The number of rotatable bonds is 2. The molecule has 2 heterocycles. The van der Waals surface area contributed by atoms with Crippen LogP contribution in [-0.2, 0) is 7.05 Å². The zero-order chi connectivity index (χ0) is 15.1. The Morgan fingerprint density at radius 1 is 1.14 bits per heavy atom. The third-order valence-electron chi connectivity index (χ3n) is 3.59. The van der Waals surface area contributed by atoms with E-state index < -0.39 is 0 Å². The van der Waals surface area contributed by atoms with E-state index in [0.717, 1.165) is 17.0 Å². The van der Waals surface area contributed by atoms with Crippen LogP contribution in [0.1, 0.15) is 11.4 Å². The van der Waals surface area contributed by atoms with Gasteiger partial charge in [0, 0.05) is 18.3 Å². The molecule has 0 amide bonds. The topological polar surface area (TPSA) is 61.7 Å². The summed E-state index contributed by atoms with van der Waals surface area (Å²) in [6.07, 6.45) is 1.62. The molecule has 2 aromatic heterocycles. The van der Waals surface area contributed by atoms with E-state index in [-0.39, 0.29) is 5.82 Å². The minimum atomic E-state index is -0.341. The fourth-order valence-corrected chi connectivity index (χ4v) is 2.46. The molecule has 0 fully saturated rings. The van der Waals surface area contributed by atoms with Gasteiger partial charge in [-0.3, -0.25) is 4.68 Å². The minimum Gasteiger partial charge on any atom is -0.396 e. The van der Waals surface area contributed by atoms with E-state index in [1.807, 2.05) is 20.9 Å². The molecular formula is C15H16FN5. The Balaban J connectivity index is 2.17. The second-order valence-electron chi connectivity index (χ2n) is 5.00. The Morgan fingerprint density at radius 2 is 1.86 bits per heavy atom. The van der Waals surface area contributed by atoms with Crippen molar-refractivity contribution < 1.29 is 4.39 Å². The standard InChI is InChI=1S/C15H16FN5/c1-9-14(10(2)20(3)18-9)15-12(17)8-21(19-15)13-7-5-4-6-11(13)16/h4-8H,17H2,1-3H3. The third-order valence-corrected chi connectivity index (χ3v) is 3.59. The molecule has 6 heteroatoms. The summed E-state index contributed by atoms with van der Waals surface area (Å²) in [6.45, 7) is 3.86. The van der Waals surface area contributed by atoms with Crippen LogP contribution in [-0.4, -0.2) is 19.6 Å². The highest BCUT2D eigenvalue weighted by molar-refractivity contribution is 5.76. The first-order chi connectivity index (χ1) is 9.99. The molecule has 0 radical (unpaired) electrons. The Kier molecular flexibility index (Phi) is 3.01. The molecule has 3 aromatic rings. The van der Waals surface area contributed by atoms with E-state index in [1.54, 1.807) is 29.1 Å². The lowest BCUT2D eigenvalue weighted by Gasteiger charge is -2.02. The maximum absolute atomic E-state index is 13.9. The maximum atomic E-state index is 13.9. The molecule has 0 aliphatic carbocycles. The van der Waals surface area contributed by atoms with Crippen LogP contribution in [0.25, 0.3) is 16.9 Å². The van der Waals surface area contributed by atoms with Gasteiger partial charge in [-0.25, -0.2) is 9.07 Å². The molecule has 5 nitrogen and oxygen atoms in total. The largest absolute Gasteiger partial charge is 0.396 e. The highest BCUT2D eigenvalue weighted by Crippen LogP contribution is 2.30. The second-order valence-corrected chi connectivity index (χ2v) is 5.00. The number of nitrogen functional groups attached to an aromatic ring is 1. The molecule has 0 aliphatic heterocycles. The van der Waals surface area contributed by atoms with Crippen LogP contribution in [0, 0.1) is 19.7 Å². The van der Waals surface area contributed by atoms with Gasteiger partial charge in [-0.1, -0.05) is 12.1 Å². The fraction of sp³-hybridized carbons (Fsp3) is 0.200. The van der Waals surface area contributed by atoms with Gasteiger partial charge in [0.1, 0.15) is 17.2 Å². The van der Waals surface area contributed by atoms with E-state index in [4.69, 9.17) is 5.73 Å². The van der Waals surface area contributed by atoms with Crippen molar-refractivity contribution in [2.75, 3.05) is 5.73 Å². The molecule has 0 saturated heterocycles. The van der Waals surface area contributed by atoms with E-state index >= 15 is 0 Å². The van der Waals surface area contributed by atoms with E-state index in [0.29, 0.717) is 17.1 Å². The minimum absolute atomic E-state index is 0.341. The predicted octanol–water partition coefficient (Wildman–Crippen LogP) is 2.61. The summed E-state index contributed by atoms with van der Waals surface area (Å²) in [7, 11) is 1.87. The Morgan fingerprint density at radius 3 is 2.48 bits per heavy atom. The van der Waals surface area contributed by atoms with Gasteiger partial charge in [-0.15, -0.1) is 0 Å². The van der Waals surface area contributed by atoms with Crippen LogP contribution in [0.5, 0.6) is 0 Å². The van der Waals surface area contributed by atoms with Gasteiger partial charge in [-0.2, -0.15) is 10.2 Å². The predicted molar refractivity (Wildman–Crippen MR) is 79.6 cm³/mol. The van der Waals surface area contributed by atoms with E-state index in [9.17, 15) is 4.39 Å². The van der Waals surface area contributed by atoms with Crippen molar-refractivity contribution in [3.8, 4) is 16.9 Å². The van der Waals surface area contributed by atoms with Crippen LogP contribution >= 0.6 is 0 Å². The van der Waals surface area contributed by atoms with Crippen molar-refractivity contribution >= 4 is 5.69 Å². The van der Waals surface area contributed by atoms with Gasteiger partial charge < -0.3 is 5.73 Å². The molecular weight excluding hydrogens is 269 g/mol. The highest BCUT2D eigenvalue weighted by atomic mass is 19.1. The molecule has 0 spiro atoms. The van der Waals surface area contributed by atoms with Gasteiger partial charge in [-0.05, 0) is 26.0 Å². The number of para-hydroxylation sites is 1. The molecule has 0 bridgehead atoms. The zero-order valence-corrected chi connectivity index (χ0v) is 12.1. The molecule has 0 saturated carbocycles. The van der Waals surface area contributed by atoms with Gasteiger partial charge in [0.25, 0.3) is 0 Å². The lowest BCUT2D eigenvalue weighted by Crippen LogP contribution is -1.98. The molecule has 108 valence electrons. The molecule has 3 rings (SSSR count). The van der Waals surface area contributed by atoms with Crippen LogP contribution in [0.15, 0.2) is 30.5 Å². The number of nitrogens with zero attached hydrogens (tertiary/aromatic N) is 4. The van der Waals surface area contributed by atoms with Crippen molar-refractivity contribution in [1.29, 1.82) is 0 Å². The van der Waals surface area contributed by atoms with Crippen LogP contribution in [0.3, 0.4) is 0 Å². The summed E-state index contributed by atoms with van der Waals surface area (Å²) in [5.41, 5.74) is 10.3. The summed E-state index contributed by atoms with van der Waals surface area (Å²) in [6, 6.07) is 6.46. The number of nitrogens with two attached hydrogens (primary N) is 1. The first-order valence-electron chi connectivity index (χ1n) is 6.59. The number of halogens is 1. The summed E-state index contributed by atoms with van der Waals surface area (Å²) in [5, 5.41) is 8.81. The normalized spacial score (nSPS) is 11.0. The van der Waals surface area contributed by atoms with Crippen molar-refractivity contribution in [3.63, 3.8) is 0 Å². The first kappa shape index (κ1) is 13.4. The summed E-state index contributed by atoms with van der Waals surface area (Å²) in [5.74, 6) is -0.341. The smallest absolute Gasteiger partial charge is 0.148 e. The van der Waals surface area contributed by atoms with Crippen molar-refractivity contribution in [2.24, 2.45) is 7.05 Å². The lowest BCUT2D eigenvalue weighted by molar-refractivity contribution is 0.611. The van der Waals surface area contributed by atoms with Gasteiger partial charge in [0.05, 0.1) is 17.6 Å². The van der Waals surface area contributed by atoms with Gasteiger partial charge >= 0.3 is 0 Å². The molecule has 0 atom stereocenters. The number of aromatic nitrogens is 4. The van der Waals surface area contributed by atoms with Crippen LogP contribution < -0.4 is 5.73 Å². The molecule has 0 aliphatic rings. The van der Waals surface area contributed by atoms with E-state index in [1.165, 1.54) is 10.7 Å². The van der Waals surface area contributed by atoms with E-state index in [2.05, 4.69) is 10.2 Å². The Bertz CT molecular complexity index is 816. The summed E-state index contributed by atoms with van der Waals surface area (Å²) in [4.78, 5) is 0. The SMILES string of the molecule is Cc1nn(C)c(C)c1-c1nn(-c2ccccc2F)cc1N. The number of benzene rings is 1. The third kappa shape index (κ3) is 2.08. The summed E-state index contributed by atoms with van der Waals surface area (Å²) < 4.78 is 17.1. The Hall–Kier alpha value is -2.63. The highest BCUT2D eigenvalue weighted by Gasteiger charge is 2.18. The number of hydrogen-bond acceptors (Lipinski definition) is 3. The first-order valence-corrected chi connectivity index (χ1v) is 6.59. The Labute approximate surface area is 121 Å². The van der Waals surface area contributed by atoms with Crippen LogP contribution in [0.2, 0.25) is 0 Å². The average molecular weight is 285 g/mol. The zero-order valence-electron chi connectivity index (χ0n) is 12.1. The van der Waals surface area contributed by atoms with Crippen molar-refractivity contribution in [2.45, 2.75) is 13.8 Å².